The molecule has 0 radical (unpaired) electrons. The van der Waals surface area contributed by atoms with Crippen molar-refractivity contribution in [2.45, 2.75) is 51.1 Å². The maximum atomic E-state index is 13.0. The highest BCUT2D eigenvalue weighted by Gasteiger charge is 2.55. The molecule has 2 N–H and O–H groups in total. The smallest absolute Gasteiger partial charge is 0.325 e. The molecule has 1 saturated carbocycles. The number of hydrogen-bond acceptors (Lipinski definition) is 3. The Bertz CT molecular complexity index is 967. The molecule has 4 rings (SSSR count). The summed E-state index contributed by atoms with van der Waals surface area (Å²) in [5, 5.41) is 8.02. The summed E-state index contributed by atoms with van der Waals surface area (Å²) in [6.07, 6.45) is 3.52. The molecule has 2 aliphatic rings. The van der Waals surface area contributed by atoms with E-state index in [1.807, 2.05) is 56.3 Å². The van der Waals surface area contributed by atoms with E-state index < -0.39 is 11.6 Å². The molecule has 1 aliphatic carbocycles. The van der Waals surface area contributed by atoms with Crippen LogP contribution >= 0.6 is 0 Å². The molecule has 3 atom stereocenters. The van der Waals surface area contributed by atoms with Crippen LogP contribution in [0.1, 0.15) is 51.1 Å². The standard InChI is InChI=1S/C23H27N3O3/c1-15-8-5-6-13-23(15)21(28)26(22(29)25-23)14-20(27)24-16(2)18-12-7-10-17-9-3-4-11-19(17)18/h3-4,7,9-12,15-16H,5-6,8,13-14H2,1-2H3,(H,24,27)(H,25,29)/t15-,16+,23+/m1/s1. The van der Waals surface area contributed by atoms with Crippen molar-refractivity contribution in [1.82, 2.24) is 15.5 Å². The van der Waals surface area contributed by atoms with E-state index in [1.54, 1.807) is 0 Å². The zero-order valence-electron chi connectivity index (χ0n) is 16.9. The number of carbonyl (C=O) groups is 3. The number of rotatable bonds is 4. The van der Waals surface area contributed by atoms with Crippen molar-refractivity contribution in [3.8, 4) is 0 Å². The number of carbonyl (C=O) groups excluding carboxylic acids is 3. The molecule has 2 aromatic carbocycles. The van der Waals surface area contributed by atoms with E-state index >= 15 is 0 Å². The number of amides is 4. The quantitative estimate of drug-likeness (QED) is 0.780. The van der Waals surface area contributed by atoms with Gasteiger partial charge in [-0.3, -0.25) is 14.5 Å². The van der Waals surface area contributed by atoms with Gasteiger partial charge in [-0.2, -0.15) is 0 Å². The summed E-state index contributed by atoms with van der Waals surface area (Å²) in [6.45, 7) is 3.66. The topological polar surface area (TPSA) is 78.5 Å². The van der Waals surface area contributed by atoms with Gasteiger partial charge in [0.1, 0.15) is 12.1 Å². The molecule has 2 fully saturated rings. The van der Waals surface area contributed by atoms with Crippen molar-refractivity contribution in [3.63, 3.8) is 0 Å². The normalized spacial score (nSPS) is 25.3. The number of nitrogens with one attached hydrogen (secondary N) is 2. The Hall–Kier alpha value is -2.89. The first kappa shape index (κ1) is 19.4. The molecule has 1 saturated heterocycles. The van der Waals surface area contributed by atoms with Crippen LogP contribution in [0.4, 0.5) is 4.79 Å². The third kappa shape index (κ3) is 3.37. The maximum absolute atomic E-state index is 13.0. The van der Waals surface area contributed by atoms with Gasteiger partial charge in [-0.15, -0.1) is 0 Å². The van der Waals surface area contributed by atoms with Crippen LogP contribution in [0.5, 0.6) is 0 Å². The van der Waals surface area contributed by atoms with Crippen LogP contribution in [-0.2, 0) is 9.59 Å². The second kappa shape index (κ2) is 7.50. The monoisotopic (exact) mass is 393 g/mol. The minimum atomic E-state index is -0.836. The highest BCUT2D eigenvalue weighted by Crippen LogP contribution is 2.38. The highest BCUT2D eigenvalue weighted by atomic mass is 16.2. The SMILES string of the molecule is C[C@H](NC(=O)CN1C(=O)N[C@]2(CCCC[C@H]2C)C1=O)c1cccc2ccccc12. The lowest BCUT2D eigenvalue weighted by Gasteiger charge is -2.36. The summed E-state index contributed by atoms with van der Waals surface area (Å²) in [7, 11) is 0. The lowest BCUT2D eigenvalue weighted by Crippen LogP contribution is -2.54. The van der Waals surface area contributed by atoms with Gasteiger partial charge >= 0.3 is 6.03 Å². The van der Waals surface area contributed by atoms with Crippen molar-refractivity contribution in [3.05, 3.63) is 48.0 Å². The minimum Gasteiger partial charge on any atom is -0.348 e. The van der Waals surface area contributed by atoms with E-state index in [-0.39, 0.29) is 30.3 Å². The second-order valence-corrected chi connectivity index (χ2v) is 8.30. The maximum Gasteiger partial charge on any atom is 0.325 e. The molecule has 0 aromatic heterocycles. The van der Waals surface area contributed by atoms with Gasteiger partial charge in [-0.05, 0) is 42.0 Å². The molecule has 1 spiro atoms. The van der Waals surface area contributed by atoms with Crippen LogP contribution in [-0.4, -0.2) is 34.8 Å². The predicted molar refractivity (Wildman–Crippen MR) is 111 cm³/mol. The van der Waals surface area contributed by atoms with Crippen LogP contribution in [0.3, 0.4) is 0 Å². The van der Waals surface area contributed by atoms with Gasteiger partial charge in [-0.25, -0.2) is 4.79 Å². The Morgan fingerprint density at radius 3 is 2.76 bits per heavy atom. The van der Waals surface area contributed by atoms with Gasteiger partial charge in [0.25, 0.3) is 5.91 Å². The van der Waals surface area contributed by atoms with E-state index in [1.165, 1.54) is 0 Å². The molecule has 152 valence electrons. The first-order valence-corrected chi connectivity index (χ1v) is 10.3. The summed E-state index contributed by atoms with van der Waals surface area (Å²) in [4.78, 5) is 39.3. The zero-order chi connectivity index (χ0) is 20.6. The molecule has 6 heteroatoms. The summed E-state index contributed by atoms with van der Waals surface area (Å²) < 4.78 is 0. The minimum absolute atomic E-state index is 0.0790. The summed E-state index contributed by atoms with van der Waals surface area (Å²) in [5.41, 5.74) is 0.169. The molecule has 29 heavy (non-hydrogen) atoms. The van der Waals surface area contributed by atoms with E-state index in [2.05, 4.69) is 10.6 Å². The van der Waals surface area contributed by atoms with E-state index in [9.17, 15) is 14.4 Å². The van der Waals surface area contributed by atoms with Gasteiger partial charge in [0.2, 0.25) is 5.91 Å². The van der Waals surface area contributed by atoms with Crippen LogP contribution < -0.4 is 10.6 Å². The third-order valence-electron chi connectivity index (χ3n) is 6.47. The van der Waals surface area contributed by atoms with E-state index in [0.29, 0.717) is 6.42 Å². The fraction of sp³-hybridized carbons (Fsp3) is 0.435. The predicted octanol–water partition coefficient (Wildman–Crippen LogP) is 3.52. The largest absolute Gasteiger partial charge is 0.348 e. The molecule has 6 nitrogen and oxygen atoms in total. The van der Waals surface area contributed by atoms with Crippen molar-refractivity contribution in [2.24, 2.45) is 5.92 Å². The van der Waals surface area contributed by atoms with E-state index in [4.69, 9.17) is 0 Å². The Kier molecular flexibility index (Phi) is 5.03. The van der Waals surface area contributed by atoms with Crippen LogP contribution in [0.15, 0.2) is 42.5 Å². The molecule has 2 aromatic rings. The Morgan fingerprint density at radius 2 is 1.97 bits per heavy atom. The van der Waals surface area contributed by atoms with Crippen LogP contribution in [0.2, 0.25) is 0 Å². The van der Waals surface area contributed by atoms with Gasteiger partial charge in [-0.1, -0.05) is 62.2 Å². The number of nitrogens with zero attached hydrogens (tertiary/aromatic N) is 1. The molecular weight excluding hydrogens is 366 g/mol. The van der Waals surface area contributed by atoms with Gasteiger partial charge < -0.3 is 10.6 Å². The van der Waals surface area contributed by atoms with Gasteiger partial charge in [0, 0.05) is 0 Å². The van der Waals surface area contributed by atoms with Crippen molar-refractivity contribution in [1.29, 1.82) is 0 Å². The lowest BCUT2D eigenvalue weighted by atomic mass is 9.73. The molecule has 0 unspecified atom stereocenters. The third-order valence-corrected chi connectivity index (χ3v) is 6.47. The number of benzene rings is 2. The van der Waals surface area contributed by atoms with E-state index in [0.717, 1.165) is 40.5 Å². The molecular formula is C23H27N3O3. The van der Waals surface area contributed by atoms with Crippen molar-refractivity contribution in [2.75, 3.05) is 6.54 Å². The average Bonchev–Trinajstić information content (AvgIpc) is 2.94. The number of hydrogen-bond donors (Lipinski definition) is 2. The van der Waals surface area contributed by atoms with Crippen LogP contribution in [0, 0.1) is 5.92 Å². The molecule has 0 bridgehead atoms. The Morgan fingerprint density at radius 1 is 1.21 bits per heavy atom. The molecule has 1 aliphatic heterocycles. The number of urea groups is 1. The summed E-state index contributed by atoms with van der Waals surface area (Å²) in [6, 6.07) is 13.3. The van der Waals surface area contributed by atoms with Crippen molar-refractivity contribution >= 4 is 28.6 Å². The molecule has 1 heterocycles. The first-order chi connectivity index (χ1) is 13.9. The first-order valence-electron chi connectivity index (χ1n) is 10.3. The van der Waals surface area contributed by atoms with Gasteiger partial charge in [0.05, 0.1) is 6.04 Å². The fourth-order valence-electron chi connectivity index (χ4n) is 4.78. The second-order valence-electron chi connectivity index (χ2n) is 8.30. The summed E-state index contributed by atoms with van der Waals surface area (Å²) >= 11 is 0. The molecule has 4 amide bonds. The number of imide groups is 1. The lowest BCUT2D eigenvalue weighted by molar-refractivity contribution is -0.137. The summed E-state index contributed by atoms with van der Waals surface area (Å²) in [5.74, 6) is -0.521. The van der Waals surface area contributed by atoms with Crippen molar-refractivity contribution < 1.29 is 14.4 Å². The Labute approximate surface area is 170 Å². The zero-order valence-corrected chi connectivity index (χ0v) is 16.9. The van der Waals surface area contributed by atoms with Crippen LogP contribution in [0.25, 0.3) is 10.8 Å². The highest BCUT2D eigenvalue weighted by molar-refractivity contribution is 6.09. The Balaban J connectivity index is 1.47. The average molecular weight is 393 g/mol. The number of fused-ring (bicyclic) bond motifs is 1. The fourth-order valence-corrected chi connectivity index (χ4v) is 4.78. The van der Waals surface area contributed by atoms with Gasteiger partial charge in [0.15, 0.2) is 0 Å².